The molecule has 0 heterocycles. The first-order valence-corrected chi connectivity index (χ1v) is 9.37. The standard InChI is InChI=1S/C16H24N2O6S/c1-4-25(22,23)18(2)11-15(19)17-10-13(16(20)21)9-12-7-5-6-8-14(12)24-3/h5-8,13H,4,9-11H2,1-3H3,(H,17,19)(H,20,21). The monoisotopic (exact) mass is 372 g/mol. The lowest BCUT2D eigenvalue weighted by Gasteiger charge is -2.18. The van der Waals surface area contributed by atoms with Crippen LogP contribution in [0.4, 0.5) is 0 Å². The highest BCUT2D eigenvalue weighted by molar-refractivity contribution is 7.89. The number of aliphatic carboxylic acids is 1. The van der Waals surface area contributed by atoms with Crippen molar-refractivity contribution in [1.29, 1.82) is 0 Å². The highest BCUT2D eigenvalue weighted by Gasteiger charge is 2.22. The number of nitrogens with zero attached hydrogens (tertiary/aromatic N) is 1. The zero-order valence-electron chi connectivity index (χ0n) is 14.6. The van der Waals surface area contributed by atoms with Gasteiger partial charge in [-0.3, -0.25) is 9.59 Å². The van der Waals surface area contributed by atoms with Gasteiger partial charge in [-0.05, 0) is 25.0 Å². The maximum absolute atomic E-state index is 11.9. The van der Waals surface area contributed by atoms with Crippen molar-refractivity contribution in [2.75, 3.05) is 33.0 Å². The molecule has 0 fully saturated rings. The van der Waals surface area contributed by atoms with Crippen molar-refractivity contribution >= 4 is 21.9 Å². The lowest BCUT2D eigenvalue weighted by Crippen LogP contribution is -2.41. The van der Waals surface area contributed by atoms with Crippen LogP contribution in [0.5, 0.6) is 5.75 Å². The summed E-state index contributed by atoms with van der Waals surface area (Å²) in [5, 5.41) is 11.8. The Morgan fingerprint density at radius 2 is 1.96 bits per heavy atom. The second-order valence-corrected chi connectivity index (χ2v) is 7.88. The summed E-state index contributed by atoms with van der Waals surface area (Å²) < 4.78 is 29.4. The fraction of sp³-hybridized carbons (Fsp3) is 0.500. The molecule has 8 nitrogen and oxygen atoms in total. The summed E-state index contributed by atoms with van der Waals surface area (Å²) in [7, 11) is -0.658. The molecule has 0 spiro atoms. The molecule has 25 heavy (non-hydrogen) atoms. The molecule has 9 heteroatoms. The number of amides is 1. The topological polar surface area (TPSA) is 113 Å². The minimum Gasteiger partial charge on any atom is -0.496 e. The quantitative estimate of drug-likeness (QED) is 0.612. The van der Waals surface area contributed by atoms with Crippen LogP contribution in [0.3, 0.4) is 0 Å². The van der Waals surface area contributed by atoms with E-state index in [9.17, 15) is 23.1 Å². The molecule has 1 unspecified atom stereocenters. The maximum atomic E-state index is 11.9. The molecule has 1 aromatic carbocycles. The number of sulfonamides is 1. The fourth-order valence-corrected chi connectivity index (χ4v) is 2.95. The molecule has 0 aliphatic rings. The van der Waals surface area contributed by atoms with Gasteiger partial charge in [0.05, 0.1) is 25.3 Å². The molecule has 0 saturated heterocycles. The Balaban J connectivity index is 2.67. The molecule has 0 aliphatic carbocycles. The van der Waals surface area contributed by atoms with Gasteiger partial charge in [0.15, 0.2) is 0 Å². The van der Waals surface area contributed by atoms with E-state index in [1.54, 1.807) is 24.3 Å². The van der Waals surface area contributed by atoms with Crippen molar-refractivity contribution < 1.29 is 27.9 Å². The van der Waals surface area contributed by atoms with Crippen molar-refractivity contribution in [2.45, 2.75) is 13.3 Å². The number of likely N-dealkylation sites (N-methyl/N-ethyl adjacent to an activating group) is 1. The second-order valence-electron chi connectivity index (χ2n) is 5.51. The van der Waals surface area contributed by atoms with E-state index in [-0.39, 0.29) is 25.3 Å². The number of hydrogen-bond donors (Lipinski definition) is 2. The molecule has 2 N–H and O–H groups in total. The molecule has 0 bridgehead atoms. The van der Waals surface area contributed by atoms with E-state index in [0.717, 1.165) is 9.87 Å². The van der Waals surface area contributed by atoms with Crippen LogP contribution in [0.25, 0.3) is 0 Å². The third-order valence-corrected chi connectivity index (χ3v) is 5.57. The largest absolute Gasteiger partial charge is 0.496 e. The van der Waals surface area contributed by atoms with Gasteiger partial charge in [-0.1, -0.05) is 18.2 Å². The number of nitrogens with one attached hydrogen (secondary N) is 1. The minimum absolute atomic E-state index is 0.105. The first-order valence-electron chi connectivity index (χ1n) is 7.76. The van der Waals surface area contributed by atoms with E-state index in [2.05, 4.69) is 5.32 Å². The lowest BCUT2D eigenvalue weighted by molar-refractivity contribution is -0.141. The Bertz CT molecular complexity index is 704. The van der Waals surface area contributed by atoms with Gasteiger partial charge in [0.1, 0.15) is 5.75 Å². The number of benzene rings is 1. The highest BCUT2D eigenvalue weighted by Crippen LogP contribution is 2.21. The van der Waals surface area contributed by atoms with Crippen molar-refractivity contribution in [3.8, 4) is 5.75 Å². The molecule has 1 amide bonds. The third-order valence-electron chi connectivity index (χ3n) is 3.76. The summed E-state index contributed by atoms with van der Waals surface area (Å²) in [6.07, 6.45) is 0.183. The molecular weight excluding hydrogens is 348 g/mol. The van der Waals surface area contributed by atoms with Gasteiger partial charge in [-0.25, -0.2) is 8.42 Å². The number of methoxy groups -OCH3 is 1. The van der Waals surface area contributed by atoms with Crippen molar-refractivity contribution in [2.24, 2.45) is 5.92 Å². The fourth-order valence-electron chi connectivity index (χ4n) is 2.20. The van der Waals surface area contributed by atoms with Crippen LogP contribution in [-0.4, -0.2) is 62.7 Å². The number of carboxylic acid groups (broad SMARTS) is 1. The number of ether oxygens (including phenoxy) is 1. The highest BCUT2D eigenvalue weighted by atomic mass is 32.2. The van der Waals surface area contributed by atoms with Gasteiger partial charge >= 0.3 is 5.97 Å². The van der Waals surface area contributed by atoms with E-state index in [1.165, 1.54) is 21.1 Å². The zero-order valence-corrected chi connectivity index (χ0v) is 15.4. The number of carbonyl (C=O) groups is 2. The SMILES string of the molecule is CCS(=O)(=O)N(C)CC(=O)NCC(Cc1ccccc1OC)C(=O)O. The van der Waals surface area contributed by atoms with E-state index in [1.807, 2.05) is 0 Å². The summed E-state index contributed by atoms with van der Waals surface area (Å²) in [5.74, 6) is -1.99. The average molecular weight is 372 g/mol. The molecule has 0 radical (unpaired) electrons. The normalized spacial score (nSPS) is 12.6. The van der Waals surface area contributed by atoms with E-state index >= 15 is 0 Å². The molecule has 1 atom stereocenters. The summed E-state index contributed by atoms with van der Waals surface area (Å²) in [5.41, 5.74) is 0.720. The van der Waals surface area contributed by atoms with Gasteiger partial charge in [-0.15, -0.1) is 0 Å². The summed E-state index contributed by atoms with van der Waals surface area (Å²) in [6.45, 7) is 1.03. The molecule has 0 saturated carbocycles. The van der Waals surface area contributed by atoms with Crippen molar-refractivity contribution in [1.82, 2.24) is 9.62 Å². The zero-order chi connectivity index (χ0) is 19.0. The van der Waals surface area contributed by atoms with Crippen LogP contribution in [0.15, 0.2) is 24.3 Å². The number of hydrogen-bond acceptors (Lipinski definition) is 5. The van der Waals surface area contributed by atoms with E-state index in [0.29, 0.717) is 5.75 Å². The Labute approximate surface area is 147 Å². The number of carbonyl (C=O) groups excluding carboxylic acids is 1. The molecule has 1 aromatic rings. The van der Waals surface area contributed by atoms with Crippen molar-refractivity contribution in [3.63, 3.8) is 0 Å². The summed E-state index contributed by atoms with van der Waals surface area (Å²) in [4.78, 5) is 23.3. The molecule has 0 aliphatic heterocycles. The van der Waals surface area contributed by atoms with Gasteiger partial charge in [0, 0.05) is 13.6 Å². The van der Waals surface area contributed by atoms with E-state index < -0.39 is 27.8 Å². The van der Waals surface area contributed by atoms with Gasteiger partial charge in [0.2, 0.25) is 15.9 Å². The molecule has 1 rings (SSSR count). The van der Waals surface area contributed by atoms with Crippen LogP contribution in [0.1, 0.15) is 12.5 Å². The van der Waals surface area contributed by atoms with Gasteiger partial charge < -0.3 is 15.2 Å². The predicted molar refractivity (Wildman–Crippen MR) is 92.9 cm³/mol. The summed E-state index contributed by atoms with van der Waals surface area (Å²) in [6, 6.07) is 7.05. The third kappa shape index (κ3) is 6.35. The predicted octanol–water partition coefficient (Wildman–Crippen LogP) is 0.336. The van der Waals surface area contributed by atoms with Crippen LogP contribution in [0.2, 0.25) is 0 Å². The molecule has 0 aromatic heterocycles. The minimum atomic E-state index is -3.47. The molecule has 140 valence electrons. The Hall–Kier alpha value is -2.13. The first-order chi connectivity index (χ1) is 11.7. The average Bonchev–Trinajstić information content (AvgIpc) is 2.58. The lowest BCUT2D eigenvalue weighted by atomic mass is 9.98. The van der Waals surface area contributed by atoms with Crippen LogP contribution < -0.4 is 10.1 Å². The van der Waals surface area contributed by atoms with Crippen LogP contribution >= 0.6 is 0 Å². The van der Waals surface area contributed by atoms with Crippen molar-refractivity contribution in [3.05, 3.63) is 29.8 Å². The van der Waals surface area contributed by atoms with E-state index in [4.69, 9.17) is 4.74 Å². The maximum Gasteiger partial charge on any atom is 0.308 e. The van der Waals surface area contributed by atoms with Crippen LogP contribution in [0, 0.1) is 5.92 Å². The van der Waals surface area contributed by atoms with Crippen LogP contribution in [-0.2, 0) is 26.0 Å². The Morgan fingerprint density at radius 3 is 2.52 bits per heavy atom. The Kier molecular flexibility index (Phi) is 7.85. The molecular formula is C16H24N2O6S. The number of para-hydroxylation sites is 1. The summed E-state index contributed by atoms with van der Waals surface area (Å²) >= 11 is 0. The first kappa shape index (κ1) is 20.9. The number of rotatable bonds is 10. The number of carboxylic acids is 1. The Morgan fingerprint density at radius 1 is 1.32 bits per heavy atom. The second kappa shape index (κ2) is 9.38. The van der Waals surface area contributed by atoms with Gasteiger partial charge in [-0.2, -0.15) is 4.31 Å². The van der Waals surface area contributed by atoms with Gasteiger partial charge in [0.25, 0.3) is 0 Å². The smallest absolute Gasteiger partial charge is 0.308 e.